The van der Waals surface area contributed by atoms with Gasteiger partial charge in [0.15, 0.2) is 0 Å². The van der Waals surface area contributed by atoms with E-state index >= 15 is 0 Å². The molecular formula is C15H22F3NO2. The molecule has 0 unspecified atom stereocenters. The number of halogens is 3. The number of aliphatic hydroxyl groups is 1. The van der Waals surface area contributed by atoms with Crippen molar-refractivity contribution in [1.82, 2.24) is 5.32 Å². The molecule has 120 valence electrons. The highest BCUT2D eigenvalue weighted by Crippen LogP contribution is 2.34. The lowest BCUT2D eigenvalue weighted by atomic mass is 10.0. The predicted octanol–water partition coefficient (Wildman–Crippen LogP) is 3.30. The second-order valence-electron chi connectivity index (χ2n) is 5.42. The van der Waals surface area contributed by atoms with Gasteiger partial charge in [-0.25, -0.2) is 0 Å². The SMILES string of the molecule is COc1ccc([C@H](N[C@H](CO)CC(C)C)C(F)(F)F)cc1. The summed E-state index contributed by atoms with van der Waals surface area (Å²) >= 11 is 0. The molecule has 0 amide bonds. The molecular weight excluding hydrogens is 283 g/mol. The summed E-state index contributed by atoms with van der Waals surface area (Å²) in [5.74, 6) is 0.694. The molecule has 0 radical (unpaired) electrons. The highest BCUT2D eigenvalue weighted by Gasteiger charge is 2.41. The number of methoxy groups -OCH3 is 1. The van der Waals surface area contributed by atoms with Gasteiger partial charge in [0.05, 0.1) is 13.7 Å². The fourth-order valence-electron chi connectivity index (χ4n) is 2.18. The summed E-state index contributed by atoms with van der Waals surface area (Å²) in [6.07, 6.45) is -3.96. The average molecular weight is 305 g/mol. The molecule has 0 heterocycles. The van der Waals surface area contributed by atoms with E-state index in [-0.39, 0.29) is 18.1 Å². The smallest absolute Gasteiger partial charge is 0.407 e. The van der Waals surface area contributed by atoms with Crippen molar-refractivity contribution in [3.63, 3.8) is 0 Å². The Bertz CT molecular complexity index is 418. The molecule has 0 aromatic heterocycles. The molecule has 3 nitrogen and oxygen atoms in total. The van der Waals surface area contributed by atoms with Crippen molar-refractivity contribution in [2.24, 2.45) is 5.92 Å². The van der Waals surface area contributed by atoms with E-state index in [1.807, 2.05) is 13.8 Å². The van der Waals surface area contributed by atoms with Crippen LogP contribution in [0.2, 0.25) is 0 Å². The molecule has 2 N–H and O–H groups in total. The first-order valence-corrected chi connectivity index (χ1v) is 6.85. The Morgan fingerprint density at radius 2 is 1.76 bits per heavy atom. The molecule has 0 aliphatic heterocycles. The maximum atomic E-state index is 13.2. The zero-order chi connectivity index (χ0) is 16.0. The largest absolute Gasteiger partial charge is 0.497 e. The Kier molecular flexibility index (Phi) is 6.48. The molecule has 1 aromatic carbocycles. The van der Waals surface area contributed by atoms with E-state index in [0.717, 1.165) is 0 Å². The van der Waals surface area contributed by atoms with Crippen molar-refractivity contribution in [2.75, 3.05) is 13.7 Å². The highest BCUT2D eigenvalue weighted by atomic mass is 19.4. The van der Waals surface area contributed by atoms with Crippen LogP contribution in [0.15, 0.2) is 24.3 Å². The fraction of sp³-hybridized carbons (Fsp3) is 0.600. The quantitative estimate of drug-likeness (QED) is 0.812. The predicted molar refractivity (Wildman–Crippen MR) is 75.3 cm³/mol. The monoisotopic (exact) mass is 305 g/mol. The first-order chi connectivity index (χ1) is 9.77. The van der Waals surface area contributed by atoms with E-state index in [1.165, 1.54) is 31.4 Å². The molecule has 0 aliphatic carbocycles. The Balaban J connectivity index is 2.94. The lowest BCUT2D eigenvalue weighted by Gasteiger charge is -2.28. The number of ether oxygens (including phenoxy) is 1. The maximum absolute atomic E-state index is 13.2. The van der Waals surface area contributed by atoms with Gasteiger partial charge in [-0.15, -0.1) is 0 Å². The lowest BCUT2D eigenvalue weighted by Crippen LogP contribution is -2.43. The van der Waals surface area contributed by atoms with Crippen LogP contribution < -0.4 is 10.1 Å². The summed E-state index contributed by atoms with van der Waals surface area (Å²) in [7, 11) is 1.46. The van der Waals surface area contributed by atoms with Gasteiger partial charge in [0.25, 0.3) is 0 Å². The van der Waals surface area contributed by atoms with Crippen molar-refractivity contribution in [3.8, 4) is 5.75 Å². The maximum Gasteiger partial charge on any atom is 0.407 e. The number of hydrogen-bond acceptors (Lipinski definition) is 3. The lowest BCUT2D eigenvalue weighted by molar-refractivity contribution is -0.160. The molecule has 0 saturated carbocycles. The van der Waals surface area contributed by atoms with Crippen molar-refractivity contribution >= 4 is 0 Å². The second kappa shape index (κ2) is 7.66. The third-order valence-electron chi connectivity index (χ3n) is 3.16. The van der Waals surface area contributed by atoms with Gasteiger partial charge in [-0.1, -0.05) is 26.0 Å². The Hall–Kier alpha value is -1.27. The first-order valence-electron chi connectivity index (χ1n) is 6.85. The number of rotatable bonds is 7. The van der Waals surface area contributed by atoms with Crippen LogP contribution in [0.4, 0.5) is 13.2 Å². The number of nitrogens with one attached hydrogen (secondary N) is 1. The van der Waals surface area contributed by atoms with Gasteiger partial charge in [0.2, 0.25) is 0 Å². The van der Waals surface area contributed by atoms with E-state index in [2.05, 4.69) is 5.32 Å². The summed E-state index contributed by atoms with van der Waals surface area (Å²) in [6, 6.07) is 3.35. The number of alkyl halides is 3. The fourth-order valence-corrected chi connectivity index (χ4v) is 2.18. The Labute approximate surface area is 123 Å². The summed E-state index contributed by atoms with van der Waals surface area (Å²) in [5.41, 5.74) is 0.102. The molecule has 0 bridgehead atoms. The van der Waals surface area contributed by atoms with Gasteiger partial charge in [0.1, 0.15) is 11.8 Å². The van der Waals surface area contributed by atoms with Crippen molar-refractivity contribution in [1.29, 1.82) is 0 Å². The van der Waals surface area contributed by atoms with Crippen LogP contribution >= 0.6 is 0 Å². The van der Waals surface area contributed by atoms with Crippen LogP contribution in [0, 0.1) is 5.92 Å². The third-order valence-corrected chi connectivity index (χ3v) is 3.16. The van der Waals surface area contributed by atoms with Gasteiger partial charge < -0.3 is 9.84 Å². The minimum absolute atomic E-state index is 0.102. The topological polar surface area (TPSA) is 41.5 Å². The van der Waals surface area contributed by atoms with E-state index in [1.54, 1.807) is 0 Å². The normalized spacial score (nSPS) is 15.0. The average Bonchev–Trinajstić information content (AvgIpc) is 2.41. The van der Waals surface area contributed by atoms with Crippen molar-refractivity contribution in [2.45, 2.75) is 38.5 Å². The van der Waals surface area contributed by atoms with Crippen LogP contribution in [0.25, 0.3) is 0 Å². The zero-order valence-electron chi connectivity index (χ0n) is 12.4. The molecule has 0 fully saturated rings. The summed E-state index contributed by atoms with van der Waals surface area (Å²) in [4.78, 5) is 0. The second-order valence-corrected chi connectivity index (χ2v) is 5.42. The molecule has 21 heavy (non-hydrogen) atoms. The van der Waals surface area contributed by atoms with Gasteiger partial charge in [-0.2, -0.15) is 13.2 Å². The van der Waals surface area contributed by atoms with E-state index < -0.39 is 18.3 Å². The van der Waals surface area contributed by atoms with Crippen LogP contribution in [0.3, 0.4) is 0 Å². The molecule has 2 atom stereocenters. The minimum Gasteiger partial charge on any atom is -0.497 e. The van der Waals surface area contributed by atoms with Gasteiger partial charge in [0, 0.05) is 6.04 Å². The van der Waals surface area contributed by atoms with Gasteiger partial charge >= 0.3 is 6.18 Å². The van der Waals surface area contributed by atoms with Crippen molar-refractivity contribution in [3.05, 3.63) is 29.8 Å². The highest BCUT2D eigenvalue weighted by molar-refractivity contribution is 5.30. The molecule has 0 aliphatic rings. The first kappa shape index (κ1) is 17.8. The van der Waals surface area contributed by atoms with Gasteiger partial charge in [-0.3, -0.25) is 5.32 Å². The number of benzene rings is 1. The number of aliphatic hydroxyl groups excluding tert-OH is 1. The Morgan fingerprint density at radius 1 is 1.19 bits per heavy atom. The zero-order valence-corrected chi connectivity index (χ0v) is 12.4. The molecule has 1 rings (SSSR count). The summed E-state index contributed by atoms with van der Waals surface area (Å²) in [5, 5.41) is 11.8. The van der Waals surface area contributed by atoms with E-state index in [9.17, 15) is 18.3 Å². The standard InChI is InChI=1S/C15H22F3NO2/c1-10(2)8-12(9-20)19-14(15(16,17)18)11-4-6-13(21-3)7-5-11/h4-7,10,12,14,19-20H,8-9H2,1-3H3/t12-,14-/m0/s1. The molecule has 0 saturated heterocycles. The van der Waals surface area contributed by atoms with Crippen LogP contribution in [0.5, 0.6) is 5.75 Å². The Morgan fingerprint density at radius 3 is 2.14 bits per heavy atom. The van der Waals surface area contributed by atoms with Crippen LogP contribution in [-0.4, -0.2) is 31.0 Å². The molecule has 1 aromatic rings. The number of hydrogen-bond donors (Lipinski definition) is 2. The van der Waals surface area contributed by atoms with Crippen molar-refractivity contribution < 1.29 is 23.0 Å². The molecule has 0 spiro atoms. The van der Waals surface area contributed by atoms with Crippen LogP contribution in [-0.2, 0) is 0 Å². The molecule has 6 heteroatoms. The van der Waals surface area contributed by atoms with Gasteiger partial charge in [-0.05, 0) is 30.0 Å². The third kappa shape index (κ3) is 5.55. The summed E-state index contributed by atoms with van der Waals surface area (Å²) in [6.45, 7) is 3.47. The summed E-state index contributed by atoms with van der Waals surface area (Å²) < 4.78 is 44.7. The minimum atomic E-state index is -4.43. The van der Waals surface area contributed by atoms with E-state index in [0.29, 0.717) is 12.2 Å². The van der Waals surface area contributed by atoms with Crippen LogP contribution in [0.1, 0.15) is 31.9 Å². The van der Waals surface area contributed by atoms with E-state index in [4.69, 9.17) is 4.74 Å².